The van der Waals surface area contributed by atoms with Gasteiger partial charge in [-0.15, -0.1) is 0 Å². The summed E-state index contributed by atoms with van der Waals surface area (Å²) in [5.41, 5.74) is -0.0968. The van der Waals surface area contributed by atoms with Crippen LogP contribution in [0.25, 0.3) is 10.8 Å². The van der Waals surface area contributed by atoms with Gasteiger partial charge in [-0.1, -0.05) is 0 Å². The molecular formula is C14H12O6. The molecule has 0 radical (unpaired) electrons. The maximum Gasteiger partial charge on any atom is 0.338 e. The Kier molecular flexibility index (Phi) is 3.47. The normalized spacial score (nSPS) is 10.3. The van der Waals surface area contributed by atoms with Gasteiger partial charge in [-0.2, -0.15) is 0 Å². The first kappa shape index (κ1) is 13.7. The molecule has 6 heteroatoms. The topological polar surface area (TPSA) is 93.1 Å². The minimum atomic E-state index is -0.741. The Morgan fingerprint density at radius 1 is 0.850 bits per heavy atom. The van der Waals surface area contributed by atoms with Crippen molar-refractivity contribution in [2.24, 2.45) is 0 Å². The van der Waals surface area contributed by atoms with Crippen LogP contribution in [0.3, 0.4) is 0 Å². The number of phenolic OH excluding ortho intramolecular Hbond substituents is 2. The molecule has 0 fully saturated rings. The number of rotatable bonds is 2. The number of aromatic hydroxyl groups is 2. The molecule has 2 aromatic carbocycles. The highest BCUT2D eigenvalue weighted by Crippen LogP contribution is 2.34. The zero-order chi connectivity index (χ0) is 14.9. The number of ether oxygens (including phenoxy) is 2. The lowest BCUT2D eigenvalue weighted by Gasteiger charge is -2.10. The van der Waals surface area contributed by atoms with Gasteiger partial charge in [-0.3, -0.25) is 0 Å². The molecule has 0 unspecified atom stereocenters. The number of fused-ring (bicyclic) bond motifs is 1. The Labute approximate surface area is 114 Å². The Morgan fingerprint density at radius 2 is 1.20 bits per heavy atom. The van der Waals surface area contributed by atoms with Gasteiger partial charge in [0.25, 0.3) is 0 Å². The molecule has 0 heterocycles. The summed E-state index contributed by atoms with van der Waals surface area (Å²) in [6.45, 7) is 0. The van der Waals surface area contributed by atoms with E-state index in [1.807, 2.05) is 0 Å². The van der Waals surface area contributed by atoms with Crippen LogP contribution < -0.4 is 0 Å². The molecule has 0 aliphatic rings. The van der Waals surface area contributed by atoms with Gasteiger partial charge in [0.05, 0.1) is 25.3 Å². The molecule has 0 saturated carbocycles. The van der Waals surface area contributed by atoms with Gasteiger partial charge in [-0.05, 0) is 24.3 Å². The van der Waals surface area contributed by atoms with Crippen LogP contribution in [0.5, 0.6) is 11.5 Å². The minimum absolute atomic E-state index is 0.0484. The highest BCUT2D eigenvalue weighted by Gasteiger charge is 2.21. The van der Waals surface area contributed by atoms with E-state index in [9.17, 15) is 19.8 Å². The zero-order valence-electron chi connectivity index (χ0n) is 10.8. The summed E-state index contributed by atoms with van der Waals surface area (Å²) in [5, 5.41) is 20.0. The molecule has 6 nitrogen and oxygen atoms in total. The van der Waals surface area contributed by atoms with Crippen molar-refractivity contribution in [2.75, 3.05) is 14.2 Å². The lowest BCUT2D eigenvalue weighted by Crippen LogP contribution is -2.11. The molecule has 0 saturated heterocycles. The first-order valence-corrected chi connectivity index (χ1v) is 5.65. The quantitative estimate of drug-likeness (QED) is 0.642. The second-order valence-electron chi connectivity index (χ2n) is 4.03. The van der Waals surface area contributed by atoms with Gasteiger partial charge in [0.2, 0.25) is 0 Å². The van der Waals surface area contributed by atoms with Crippen molar-refractivity contribution in [3.63, 3.8) is 0 Å². The van der Waals surface area contributed by atoms with Crippen molar-refractivity contribution in [1.29, 1.82) is 0 Å². The summed E-state index contributed by atoms with van der Waals surface area (Å²) >= 11 is 0. The van der Waals surface area contributed by atoms with Crippen molar-refractivity contribution in [3.8, 4) is 11.5 Å². The number of hydrogen-bond acceptors (Lipinski definition) is 6. The van der Waals surface area contributed by atoms with Gasteiger partial charge >= 0.3 is 11.9 Å². The van der Waals surface area contributed by atoms with Crippen LogP contribution in [0.1, 0.15) is 20.7 Å². The van der Waals surface area contributed by atoms with Crippen LogP contribution in [-0.4, -0.2) is 36.4 Å². The largest absolute Gasteiger partial charge is 0.507 e. The number of methoxy groups -OCH3 is 2. The van der Waals surface area contributed by atoms with Crippen molar-refractivity contribution in [3.05, 3.63) is 35.4 Å². The maximum atomic E-state index is 11.7. The average Bonchev–Trinajstić information content (AvgIpc) is 2.48. The minimum Gasteiger partial charge on any atom is -0.507 e. The van der Waals surface area contributed by atoms with Gasteiger partial charge in [0.1, 0.15) is 11.5 Å². The van der Waals surface area contributed by atoms with Crippen molar-refractivity contribution in [1.82, 2.24) is 0 Å². The lowest BCUT2D eigenvalue weighted by molar-refractivity contribution is 0.0555. The molecule has 2 aromatic rings. The van der Waals surface area contributed by atoms with E-state index >= 15 is 0 Å². The molecule has 0 aromatic heterocycles. The number of hydrogen-bond donors (Lipinski definition) is 2. The number of carbonyl (C=O) groups excluding carboxylic acids is 2. The molecule has 2 rings (SSSR count). The molecule has 0 bridgehead atoms. The van der Waals surface area contributed by atoms with E-state index in [2.05, 4.69) is 9.47 Å². The fraction of sp³-hybridized carbons (Fsp3) is 0.143. The SMILES string of the molecule is COC(=O)c1cc2c(O)ccc(O)c2cc1C(=O)OC. The highest BCUT2D eigenvalue weighted by molar-refractivity contribution is 6.09. The van der Waals surface area contributed by atoms with E-state index in [0.717, 1.165) is 0 Å². The summed E-state index contributed by atoms with van der Waals surface area (Å²) < 4.78 is 9.20. The summed E-state index contributed by atoms with van der Waals surface area (Å²) in [4.78, 5) is 23.4. The predicted molar refractivity (Wildman–Crippen MR) is 70.0 cm³/mol. The standard InChI is InChI=1S/C14H12O6/c1-19-13(17)9-5-7-8(6-10(9)14(18)20-2)12(16)4-3-11(7)15/h3-6,15-16H,1-2H3. The fourth-order valence-electron chi connectivity index (χ4n) is 1.92. The summed E-state index contributed by atoms with van der Waals surface area (Å²) in [7, 11) is 2.35. The average molecular weight is 276 g/mol. The molecule has 0 amide bonds. The maximum absolute atomic E-state index is 11.7. The van der Waals surface area contributed by atoms with E-state index in [1.165, 1.54) is 38.5 Å². The Hall–Kier alpha value is -2.76. The van der Waals surface area contributed by atoms with E-state index in [0.29, 0.717) is 0 Å². The third-order valence-electron chi connectivity index (χ3n) is 2.92. The summed E-state index contributed by atoms with van der Waals surface area (Å²) in [6.07, 6.45) is 0. The monoisotopic (exact) mass is 276 g/mol. The van der Waals surface area contributed by atoms with Gasteiger partial charge in [0, 0.05) is 10.8 Å². The van der Waals surface area contributed by atoms with E-state index in [4.69, 9.17) is 0 Å². The molecule has 0 aliphatic carbocycles. The number of carbonyl (C=O) groups is 2. The molecule has 0 atom stereocenters. The Morgan fingerprint density at radius 3 is 1.50 bits per heavy atom. The van der Waals surface area contributed by atoms with Crippen LogP contribution in [-0.2, 0) is 9.47 Å². The molecule has 0 spiro atoms. The summed E-state index contributed by atoms with van der Waals surface area (Å²) in [5.74, 6) is -1.73. The van der Waals surface area contributed by atoms with Crippen LogP contribution in [0.15, 0.2) is 24.3 Å². The molecule has 0 aliphatic heterocycles. The third-order valence-corrected chi connectivity index (χ3v) is 2.92. The first-order chi connectivity index (χ1) is 9.49. The lowest BCUT2D eigenvalue weighted by atomic mass is 9.99. The van der Waals surface area contributed by atoms with Crippen molar-refractivity contribution >= 4 is 22.7 Å². The Bertz CT molecular complexity index is 644. The number of phenols is 2. The number of esters is 2. The Balaban J connectivity index is 2.85. The molecule has 104 valence electrons. The zero-order valence-corrected chi connectivity index (χ0v) is 10.8. The van der Waals surface area contributed by atoms with Crippen LogP contribution in [0.4, 0.5) is 0 Å². The third kappa shape index (κ3) is 2.11. The van der Waals surface area contributed by atoms with Crippen LogP contribution in [0, 0.1) is 0 Å². The second kappa shape index (κ2) is 5.08. The highest BCUT2D eigenvalue weighted by atomic mass is 16.5. The number of benzene rings is 2. The smallest absolute Gasteiger partial charge is 0.338 e. The van der Waals surface area contributed by atoms with E-state index in [1.54, 1.807) is 0 Å². The van der Waals surface area contributed by atoms with Gasteiger partial charge in [-0.25, -0.2) is 9.59 Å². The van der Waals surface area contributed by atoms with Crippen molar-refractivity contribution < 1.29 is 29.3 Å². The van der Waals surface area contributed by atoms with Crippen LogP contribution in [0.2, 0.25) is 0 Å². The van der Waals surface area contributed by atoms with E-state index < -0.39 is 11.9 Å². The molecule has 20 heavy (non-hydrogen) atoms. The second-order valence-corrected chi connectivity index (χ2v) is 4.03. The first-order valence-electron chi connectivity index (χ1n) is 5.65. The molecule has 2 N–H and O–H groups in total. The summed E-state index contributed by atoms with van der Waals surface area (Å²) in [6, 6.07) is 5.14. The van der Waals surface area contributed by atoms with Gasteiger partial charge < -0.3 is 19.7 Å². The predicted octanol–water partition coefficient (Wildman–Crippen LogP) is 1.82. The fourth-order valence-corrected chi connectivity index (χ4v) is 1.92. The molecular weight excluding hydrogens is 264 g/mol. The van der Waals surface area contributed by atoms with Crippen molar-refractivity contribution in [2.45, 2.75) is 0 Å². The van der Waals surface area contributed by atoms with E-state index in [-0.39, 0.29) is 33.4 Å². The van der Waals surface area contributed by atoms with Crippen LogP contribution >= 0.6 is 0 Å². The van der Waals surface area contributed by atoms with Gasteiger partial charge in [0.15, 0.2) is 0 Å².